The molecule has 0 saturated carbocycles. The first-order valence-electron chi connectivity index (χ1n) is 8.38. The van der Waals surface area contributed by atoms with E-state index in [1.165, 1.54) is 4.68 Å². The molecule has 0 radical (unpaired) electrons. The number of aryl methyl sites for hydroxylation is 2. The van der Waals surface area contributed by atoms with E-state index in [1.807, 2.05) is 54.6 Å². The third kappa shape index (κ3) is 3.24. The minimum Gasteiger partial charge on any atom is -0.267 e. The van der Waals surface area contributed by atoms with Crippen molar-refractivity contribution in [2.24, 2.45) is 0 Å². The maximum atomic E-state index is 12.8. The van der Waals surface area contributed by atoms with Crippen LogP contribution in [0.15, 0.2) is 77.7 Å². The largest absolute Gasteiger partial charge is 0.276 e. The number of benzene rings is 2. The Kier molecular flexibility index (Phi) is 4.50. The number of hydrogen-bond donors (Lipinski definition) is 0. The molecular weight excluding hydrogens is 346 g/mol. The molecule has 2 heterocycles. The molecule has 26 heavy (non-hydrogen) atoms. The predicted molar refractivity (Wildman–Crippen MR) is 104 cm³/mol. The van der Waals surface area contributed by atoms with Crippen LogP contribution in [0.3, 0.4) is 0 Å². The molecule has 0 fully saturated rings. The predicted octanol–water partition coefficient (Wildman–Crippen LogP) is 4.35. The van der Waals surface area contributed by atoms with Gasteiger partial charge in [0.2, 0.25) is 0 Å². The van der Waals surface area contributed by atoms with E-state index in [0.717, 1.165) is 17.5 Å². The molecule has 2 aromatic carbocycles. The molecule has 0 unspecified atom stereocenters. The lowest BCUT2D eigenvalue weighted by Gasteiger charge is -2.11. The second-order valence-electron chi connectivity index (χ2n) is 6.02. The average molecular weight is 362 g/mol. The highest BCUT2D eigenvalue weighted by atomic mass is 35.5. The summed E-state index contributed by atoms with van der Waals surface area (Å²) in [5.74, 6) is 0. The van der Waals surface area contributed by atoms with Crippen molar-refractivity contribution in [1.82, 2.24) is 14.8 Å². The van der Waals surface area contributed by atoms with Gasteiger partial charge in [-0.2, -0.15) is 5.10 Å². The molecule has 0 spiro atoms. The number of fused-ring (bicyclic) bond motifs is 1. The van der Waals surface area contributed by atoms with Crippen molar-refractivity contribution in [3.05, 3.63) is 93.9 Å². The molecule has 5 heteroatoms. The number of nitrogens with zero attached hydrogens (tertiary/aromatic N) is 3. The van der Waals surface area contributed by atoms with Crippen LogP contribution in [0.2, 0.25) is 5.02 Å². The molecule has 0 amide bonds. The highest BCUT2D eigenvalue weighted by molar-refractivity contribution is 6.30. The third-order valence-corrected chi connectivity index (χ3v) is 4.51. The van der Waals surface area contributed by atoms with Crippen molar-refractivity contribution in [3.63, 3.8) is 0 Å². The number of hydrogen-bond acceptors (Lipinski definition) is 3. The van der Waals surface area contributed by atoms with Crippen molar-refractivity contribution in [1.29, 1.82) is 0 Å². The fourth-order valence-corrected chi connectivity index (χ4v) is 3.17. The van der Waals surface area contributed by atoms with Crippen molar-refractivity contribution < 1.29 is 0 Å². The van der Waals surface area contributed by atoms with E-state index in [4.69, 9.17) is 11.6 Å². The summed E-state index contributed by atoms with van der Waals surface area (Å²) in [6.07, 6.45) is 2.40. The molecule has 0 N–H and O–H groups in total. The Morgan fingerprint density at radius 3 is 2.62 bits per heavy atom. The van der Waals surface area contributed by atoms with Crippen molar-refractivity contribution in [2.75, 3.05) is 0 Å². The standard InChI is InChI=1S/C21H16ClN3O/c22-17-9-4-8-16(14-17)19-20-18(10-5-12-23-20)21(26)25(24-19)13-11-15-6-2-1-3-7-15/h1-10,12,14H,11,13H2. The van der Waals surface area contributed by atoms with E-state index in [1.54, 1.807) is 18.3 Å². The Bertz CT molecular complexity index is 1120. The Morgan fingerprint density at radius 2 is 1.81 bits per heavy atom. The normalized spacial score (nSPS) is 11.0. The topological polar surface area (TPSA) is 47.8 Å². The first-order valence-corrected chi connectivity index (χ1v) is 8.76. The van der Waals surface area contributed by atoms with Gasteiger partial charge in [-0.05, 0) is 36.2 Å². The maximum absolute atomic E-state index is 12.8. The third-order valence-electron chi connectivity index (χ3n) is 4.27. The Hall–Kier alpha value is -2.98. The van der Waals surface area contributed by atoms with Crippen molar-refractivity contribution >= 4 is 22.5 Å². The first-order chi connectivity index (χ1) is 12.7. The Balaban J connectivity index is 1.83. The zero-order chi connectivity index (χ0) is 17.9. The molecule has 128 valence electrons. The molecule has 0 aliphatic carbocycles. The maximum Gasteiger partial charge on any atom is 0.276 e. The smallest absolute Gasteiger partial charge is 0.267 e. The molecule has 0 atom stereocenters. The second-order valence-corrected chi connectivity index (χ2v) is 6.46. The minimum absolute atomic E-state index is 0.130. The van der Waals surface area contributed by atoms with Crippen molar-refractivity contribution in [2.45, 2.75) is 13.0 Å². The molecule has 0 saturated heterocycles. The minimum atomic E-state index is -0.130. The summed E-state index contributed by atoms with van der Waals surface area (Å²) in [6, 6.07) is 21.1. The number of aromatic nitrogens is 3. The number of rotatable bonds is 4. The molecule has 4 aromatic rings. The van der Waals surface area contributed by atoms with Crippen LogP contribution in [-0.2, 0) is 13.0 Å². The zero-order valence-corrected chi connectivity index (χ0v) is 14.7. The highest BCUT2D eigenvalue weighted by Crippen LogP contribution is 2.25. The fourth-order valence-electron chi connectivity index (χ4n) is 2.98. The quantitative estimate of drug-likeness (QED) is 0.542. The van der Waals surface area contributed by atoms with Gasteiger partial charge in [0.1, 0.15) is 11.2 Å². The average Bonchev–Trinajstić information content (AvgIpc) is 2.68. The number of pyridine rings is 1. The van der Waals surface area contributed by atoms with Crippen LogP contribution >= 0.6 is 11.6 Å². The van der Waals surface area contributed by atoms with Gasteiger partial charge in [0.25, 0.3) is 5.56 Å². The molecule has 4 nitrogen and oxygen atoms in total. The summed E-state index contributed by atoms with van der Waals surface area (Å²) < 4.78 is 1.52. The van der Waals surface area contributed by atoms with Crippen LogP contribution in [0.5, 0.6) is 0 Å². The van der Waals surface area contributed by atoms with E-state index in [9.17, 15) is 4.79 Å². The summed E-state index contributed by atoms with van der Waals surface area (Å²) >= 11 is 6.14. The lowest BCUT2D eigenvalue weighted by molar-refractivity contribution is 0.586. The first kappa shape index (κ1) is 16.5. The lowest BCUT2D eigenvalue weighted by atomic mass is 10.1. The van der Waals surface area contributed by atoms with Crippen LogP contribution < -0.4 is 5.56 Å². The van der Waals surface area contributed by atoms with Gasteiger partial charge in [-0.15, -0.1) is 0 Å². The monoisotopic (exact) mass is 361 g/mol. The van der Waals surface area contributed by atoms with Gasteiger partial charge in [-0.1, -0.05) is 54.1 Å². The van der Waals surface area contributed by atoms with E-state index < -0.39 is 0 Å². The SMILES string of the molecule is O=c1c2cccnc2c(-c2cccc(Cl)c2)nn1CCc1ccccc1. The lowest BCUT2D eigenvalue weighted by Crippen LogP contribution is -2.25. The molecule has 0 aliphatic heterocycles. The van der Waals surface area contributed by atoms with Gasteiger partial charge in [0, 0.05) is 23.3 Å². The Morgan fingerprint density at radius 1 is 0.962 bits per heavy atom. The van der Waals surface area contributed by atoms with Gasteiger partial charge in [0.15, 0.2) is 0 Å². The molecule has 0 aliphatic rings. The van der Waals surface area contributed by atoms with Crippen LogP contribution in [0.1, 0.15) is 5.56 Å². The van der Waals surface area contributed by atoms with E-state index >= 15 is 0 Å². The zero-order valence-electron chi connectivity index (χ0n) is 14.0. The summed E-state index contributed by atoms with van der Waals surface area (Å²) in [7, 11) is 0. The van der Waals surface area contributed by atoms with E-state index in [0.29, 0.717) is 28.2 Å². The number of halogens is 1. The van der Waals surface area contributed by atoms with Gasteiger partial charge < -0.3 is 0 Å². The molecular formula is C21H16ClN3O. The van der Waals surface area contributed by atoms with Gasteiger partial charge in [-0.3, -0.25) is 9.78 Å². The summed E-state index contributed by atoms with van der Waals surface area (Å²) in [6.45, 7) is 0.501. The van der Waals surface area contributed by atoms with Gasteiger partial charge in [0.05, 0.1) is 5.39 Å². The van der Waals surface area contributed by atoms with Crippen LogP contribution in [0.25, 0.3) is 22.2 Å². The van der Waals surface area contributed by atoms with Crippen LogP contribution in [0, 0.1) is 0 Å². The molecule has 2 aromatic heterocycles. The van der Waals surface area contributed by atoms with E-state index in [2.05, 4.69) is 10.1 Å². The van der Waals surface area contributed by atoms with Crippen LogP contribution in [-0.4, -0.2) is 14.8 Å². The fraction of sp³-hybridized carbons (Fsp3) is 0.0952. The van der Waals surface area contributed by atoms with Crippen molar-refractivity contribution in [3.8, 4) is 11.3 Å². The van der Waals surface area contributed by atoms with Crippen LogP contribution in [0.4, 0.5) is 0 Å². The highest BCUT2D eigenvalue weighted by Gasteiger charge is 2.13. The van der Waals surface area contributed by atoms with E-state index in [-0.39, 0.29) is 5.56 Å². The summed E-state index contributed by atoms with van der Waals surface area (Å²) in [5, 5.41) is 5.79. The summed E-state index contributed by atoms with van der Waals surface area (Å²) in [5.41, 5.74) is 3.13. The summed E-state index contributed by atoms with van der Waals surface area (Å²) in [4.78, 5) is 17.2. The Labute approximate surface area is 155 Å². The van der Waals surface area contributed by atoms with Gasteiger partial charge in [-0.25, -0.2) is 4.68 Å². The van der Waals surface area contributed by atoms with Gasteiger partial charge >= 0.3 is 0 Å². The second kappa shape index (κ2) is 7.10. The molecule has 0 bridgehead atoms. The molecule has 4 rings (SSSR count).